The van der Waals surface area contributed by atoms with E-state index in [0.29, 0.717) is 38.3 Å². The summed E-state index contributed by atoms with van der Waals surface area (Å²) in [5.74, 6) is 0.0120. The molecule has 0 bridgehead atoms. The van der Waals surface area contributed by atoms with Crippen molar-refractivity contribution in [1.29, 1.82) is 0 Å². The molecule has 2 heterocycles. The van der Waals surface area contributed by atoms with Crippen LogP contribution in [-0.2, 0) is 0 Å². The van der Waals surface area contributed by atoms with Gasteiger partial charge in [0.05, 0.1) is 0 Å². The monoisotopic (exact) mass is 318 g/mol. The molecule has 1 aromatic rings. The molecule has 1 aliphatic rings. The van der Waals surface area contributed by atoms with Crippen molar-refractivity contribution in [2.45, 2.75) is 33.2 Å². The summed E-state index contributed by atoms with van der Waals surface area (Å²) < 4.78 is 0. The van der Waals surface area contributed by atoms with E-state index in [2.05, 4.69) is 4.98 Å². The van der Waals surface area contributed by atoms with Crippen molar-refractivity contribution in [1.82, 2.24) is 19.7 Å². The number of carbonyl (C=O) groups is 2. The second-order valence-corrected chi connectivity index (χ2v) is 6.03. The Balaban J connectivity index is 1.99. The zero-order valence-electron chi connectivity index (χ0n) is 14.2. The van der Waals surface area contributed by atoms with E-state index >= 15 is 0 Å². The molecule has 0 atom stereocenters. The smallest absolute Gasteiger partial charge is 0.320 e. The van der Waals surface area contributed by atoms with Gasteiger partial charge in [-0.25, -0.2) is 4.79 Å². The van der Waals surface area contributed by atoms with Gasteiger partial charge >= 0.3 is 6.03 Å². The topological polar surface area (TPSA) is 56.8 Å². The van der Waals surface area contributed by atoms with E-state index in [4.69, 9.17) is 0 Å². The van der Waals surface area contributed by atoms with E-state index in [-0.39, 0.29) is 18.0 Å². The van der Waals surface area contributed by atoms with Crippen LogP contribution in [0.25, 0.3) is 0 Å². The molecule has 2 rings (SSSR count). The van der Waals surface area contributed by atoms with Crippen LogP contribution in [0.15, 0.2) is 24.5 Å². The predicted octanol–water partition coefficient (Wildman–Crippen LogP) is 2.08. The van der Waals surface area contributed by atoms with Gasteiger partial charge in [0.15, 0.2) is 0 Å². The quantitative estimate of drug-likeness (QED) is 0.857. The molecule has 0 aliphatic carbocycles. The van der Waals surface area contributed by atoms with E-state index in [9.17, 15) is 9.59 Å². The van der Waals surface area contributed by atoms with Gasteiger partial charge in [0.25, 0.3) is 5.91 Å². The third-order valence-electron chi connectivity index (χ3n) is 4.19. The lowest BCUT2D eigenvalue weighted by molar-refractivity contribution is 0.0759. The van der Waals surface area contributed by atoms with E-state index < -0.39 is 0 Å². The number of rotatable bonds is 3. The van der Waals surface area contributed by atoms with Crippen LogP contribution in [0.2, 0.25) is 0 Å². The normalized spacial score (nSPS) is 15.5. The van der Waals surface area contributed by atoms with Crippen LogP contribution in [0.3, 0.4) is 0 Å². The fourth-order valence-electron chi connectivity index (χ4n) is 2.89. The van der Waals surface area contributed by atoms with E-state index in [1.807, 2.05) is 35.5 Å². The number of nitrogens with zero attached hydrogens (tertiary/aromatic N) is 4. The van der Waals surface area contributed by atoms with Crippen LogP contribution in [0.4, 0.5) is 4.79 Å². The fraction of sp³-hybridized carbons (Fsp3) is 0.588. The van der Waals surface area contributed by atoms with Crippen LogP contribution in [0, 0.1) is 0 Å². The molecule has 1 fully saturated rings. The Morgan fingerprint density at radius 2 is 1.74 bits per heavy atom. The van der Waals surface area contributed by atoms with Gasteiger partial charge < -0.3 is 14.7 Å². The Morgan fingerprint density at radius 1 is 1.13 bits per heavy atom. The van der Waals surface area contributed by atoms with Gasteiger partial charge in [0.1, 0.15) is 0 Å². The third-order valence-corrected chi connectivity index (χ3v) is 4.19. The number of pyridine rings is 1. The van der Waals surface area contributed by atoms with Gasteiger partial charge in [-0.1, -0.05) is 0 Å². The molecule has 6 nitrogen and oxygen atoms in total. The summed E-state index contributed by atoms with van der Waals surface area (Å²) in [7, 11) is 0. The summed E-state index contributed by atoms with van der Waals surface area (Å²) in [5.41, 5.74) is 0.650. The van der Waals surface area contributed by atoms with Crippen LogP contribution in [-0.4, -0.2) is 70.4 Å². The Morgan fingerprint density at radius 3 is 2.35 bits per heavy atom. The average Bonchev–Trinajstić information content (AvgIpc) is 2.81. The minimum atomic E-state index is 0.0120. The molecular formula is C17H26N4O2. The summed E-state index contributed by atoms with van der Waals surface area (Å²) in [6, 6.07) is 3.72. The van der Waals surface area contributed by atoms with Crippen molar-refractivity contribution in [2.24, 2.45) is 0 Å². The summed E-state index contributed by atoms with van der Waals surface area (Å²) in [6.45, 7) is 9.28. The SMILES string of the molecule is CCN(C(=O)N1CCCN(C(=O)c2ccncc2)CC1)C(C)C. The van der Waals surface area contributed by atoms with Gasteiger partial charge in [0.2, 0.25) is 0 Å². The molecular weight excluding hydrogens is 292 g/mol. The van der Waals surface area contributed by atoms with Crippen molar-refractivity contribution in [3.05, 3.63) is 30.1 Å². The molecule has 1 aromatic heterocycles. The third kappa shape index (κ3) is 4.21. The van der Waals surface area contributed by atoms with Crippen molar-refractivity contribution < 1.29 is 9.59 Å². The first-order chi connectivity index (χ1) is 11.0. The largest absolute Gasteiger partial charge is 0.337 e. The Labute approximate surface area is 138 Å². The standard InChI is InChI=1S/C17H26N4O2/c1-4-21(14(2)3)17(23)20-11-5-10-19(12-13-20)16(22)15-6-8-18-9-7-15/h6-9,14H,4-5,10-13H2,1-3H3. The number of hydrogen-bond acceptors (Lipinski definition) is 3. The van der Waals surface area contributed by atoms with Gasteiger partial charge in [-0.2, -0.15) is 0 Å². The molecule has 0 saturated carbocycles. The lowest BCUT2D eigenvalue weighted by Crippen LogP contribution is -2.47. The highest BCUT2D eigenvalue weighted by Crippen LogP contribution is 2.11. The minimum absolute atomic E-state index is 0.0120. The maximum Gasteiger partial charge on any atom is 0.320 e. The number of amides is 3. The van der Waals surface area contributed by atoms with Crippen LogP contribution in [0.5, 0.6) is 0 Å². The number of urea groups is 1. The number of carbonyl (C=O) groups excluding carboxylic acids is 2. The zero-order valence-corrected chi connectivity index (χ0v) is 14.2. The van der Waals surface area contributed by atoms with Crippen molar-refractivity contribution >= 4 is 11.9 Å². The zero-order chi connectivity index (χ0) is 16.8. The lowest BCUT2D eigenvalue weighted by atomic mass is 10.2. The van der Waals surface area contributed by atoms with Crippen LogP contribution >= 0.6 is 0 Å². The summed E-state index contributed by atoms with van der Waals surface area (Å²) in [6.07, 6.45) is 4.06. The average molecular weight is 318 g/mol. The van der Waals surface area contributed by atoms with Crippen LogP contribution in [0.1, 0.15) is 37.6 Å². The second kappa shape index (κ2) is 7.94. The first-order valence-electron chi connectivity index (χ1n) is 8.29. The fourth-order valence-corrected chi connectivity index (χ4v) is 2.89. The molecule has 0 aromatic carbocycles. The maximum absolute atomic E-state index is 12.6. The van der Waals surface area contributed by atoms with Crippen molar-refractivity contribution in [3.8, 4) is 0 Å². The number of hydrogen-bond donors (Lipinski definition) is 0. The van der Waals surface area contributed by atoms with Gasteiger partial charge in [-0.15, -0.1) is 0 Å². The Bertz CT molecular complexity index is 533. The van der Waals surface area contributed by atoms with Gasteiger partial charge in [-0.05, 0) is 39.3 Å². The molecule has 0 unspecified atom stereocenters. The first kappa shape index (κ1) is 17.2. The van der Waals surface area contributed by atoms with Crippen LogP contribution < -0.4 is 0 Å². The number of aromatic nitrogens is 1. The molecule has 23 heavy (non-hydrogen) atoms. The lowest BCUT2D eigenvalue weighted by Gasteiger charge is -2.31. The highest BCUT2D eigenvalue weighted by molar-refractivity contribution is 5.94. The molecule has 1 aliphatic heterocycles. The molecule has 1 saturated heterocycles. The van der Waals surface area contributed by atoms with E-state index in [1.165, 1.54) is 0 Å². The van der Waals surface area contributed by atoms with Crippen molar-refractivity contribution in [2.75, 3.05) is 32.7 Å². The molecule has 126 valence electrons. The Kier molecular flexibility index (Phi) is 5.96. The Hall–Kier alpha value is -2.11. The molecule has 0 spiro atoms. The van der Waals surface area contributed by atoms with Gasteiger partial charge in [0, 0.05) is 56.7 Å². The first-order valence-corrected chi connectivity index (χ1v) is 8.29. The summed E-state index contributed by atoms with van der Waals surface area (Å²) in [4.78, 5) is 34.6. The maximum atomic E-state index is 12.6. The molecule has 3 amide bonds. The summed E-state index contributed by atoms with van der Waals surface area (Å²) >= 11 is 0. The van der Waals surface area contributed by atoms with E-state index in [0.717, 1.165) is 6.42 Å². The van der Waals surface area contributed by atoms with E-state index in [1.54, 1.807) is 24.5 Å². The minimum Gasteiger partial charge on any atom is -0.337 e. The molecule has 0 radical (unpaired) electrons. The molecule has 0 N–H and O–H groups in total. The molecule has 6 heteroatoms. The van der Waals surface area contributed by atoms with Gasteiger partial charge in [-0.3, -0.25) is 9.78 Å². The highest BCUT2D eigenvalue weighted by atomic mass is 16.2. The highest BCUT2D eigenvalue weighted by Gasteiger charge is 2.26. The second-order valence-electron chi connectivity index (χ2n) is 6.03. The summed E-state index contributed by atoms with van der Waals surface area (Å²) in [5, 5.41) is 0. The predicted molar refractivity (Wildman–Crippen MR) is 89.2 cm³/mol. The van der Waals surface area contributed by atoms with Crippen molar-refractivity contribution in [3.63, 3.8) is 0 Å².